The van der Waals surface area contributed by atoms with Crippen molar-refractivity contribution < 1.29 is 9.90 Å². The van der Waals surface area contributed by atoms with Crippen LogP contribution in [0.4, 0.5) is 0 Å². The van der Waals surface area contributed by atoms with E-state index in [9.17, 15) is 4.79 Å². The van der Waals surface area contributed by atoms with Crippen LogP contribution in [0.3, 0.4) is 0 Å². The van der Waals surface area contributed by atoms with E-state index in [1.165, 1.54) is 44.5 Å². The zero-order chi connectivity index (χ0) is 13.0. The van der Waals surface area contributed by atoms with Crippen LogP contribution in [0, 0.1) is 0 Å². The van der Waals surface area contributed by atoms with Crippen molar-refractivity contribution in [3.05, 3.63) is 35.4 Å². The fraction of sp³-hybridized carbons (Fsp3) is 0.533. The molecule has 3 nitrogen and oxygen atoms in total. The molecule has 0 radical (unpaired) electrons. The van der Waals surface area contributed by atoms with Crippen molar-refractivity contribution >= 4 is 5.97 Å². The van der Waals surface area contributed by atoms with Crippen molar-refractivity contribution in [3.63, 3.8) is 0 Å². The van der Waals surface area contributed by atoms with Gasteiger partial charge in [-0.05, 0) is 62.5 Å². The quantitative estimate of drug-likeness (QED) is 0.889. The van der Waals surface area contributed by atoms with E-state index >= 15 is 0 Å². The second-order valence-electron chi connectivity index (χ2n) is 5.04. The van der Waals surface area contributed by atoms with E-state index in [1.54, 1.807) is 12.1 Å². The summed E-state index contributed by atoms with van der Waals surface area (Å²) in [6.45, 7) is 5.75. The van der Waals surface area contributed by atoms with E-state index in [1.807, 2.05) is 12.1 Å². The number of hydrogen-bond acceptors (Lipinski definition) is 2. The standard InChI is InChI=1S/C15H21NO2/c1-2-9-16-10-7-13(8-11-16)12-3-5-14(6-4-12)15(17)18/h3-6,13H,2,7-11H2,1H3,(H,17,18). The molecule has 0 aliphatic carbocycles. The highest BCUT2D eigenvalue weighted by molar-refractivity contribution is 5.87. The molecule has 1 N–H and O–H groups in total. The van der Waals surface area contributed by atoms with Gasteiger partial charge in [0, 0.05) is 0 Å². The molecular formula is C15H21NO2. The maximum Gasteiger partial charge on any atom is 0.335 e. The second-order valence-corrected chi connectivity index (χ2v) is 5.04. The Bertz CT molecular complexity index is 391. The Kier molecular flexibility index (Phi) is 4.37. The third-order valence-electron chi connectivity index (χ3n) is 3.76. The van der Waals surface area contributed by atoms with Crippen molar-refractivity contribution in [1.82, 2.24) is 4.90 Å². The van der Waals surface area contributed by atoms with Gasteiger partial charge >= 0.3 is 5.97 Å². The third kappa shape index (κ3) is 3.10. The first-order valence-corrected chi connectivity index (χ1v) is 6.76. The summed E-state index contributed by atoms with van der Waals surface area (Å²) in [4.78, 5) is 13.3. The highest BCUT2D eigenvalue weighted by Crippen LogP contribution is 2.28. The lowest BCUT2D eigenvalue weighted by Crippen LogP contribution is -2.33. The zero-order valence-electron chi connectivity index (χ0n) is 10.9. The lowest BCUT2D eigenvalue weighted by molar-refractivity contribution is 0.0697. The summed E-state index contributed by atoms with van der Waals surface area (Å²) in [7, 11) is 0. The molecule has 1 aromatic carbocycles. The molecule has 1 aliphatic heterocycles. The maximum absolute atomic E-state index is 10.8. The zero-order valence-corrected chi connectivity index (χ0v) is 10.9. The molecule has 0 atom stereocenters. The lowest BCUT2D eigenvalue weighted by atomic mass is 9.89. The molecule has 1 fully saturated rings. The van der Waals surface area contributed by atoms with Gasteiger partial charge in [0.1, 0.15) is 0 Å². The number of nitrogens with zero attached hydrogens (tertiary/aromatic N) is 1. The molecule has 1 saturated heterocycles. The average molecular weight is 247 g/mol. The van der Waals surface area contributed by atoms with E-state index < -0.39 is 5.97 Å². The van der Waals surface area contributed by atoms with Gasteiger partial charge in [0.2, 0.25) is 0 Å². The smallest absolute Gasteiger partial charge is 0.335 e. The Labute approximate surface area is 108 Å². The van der Waals surface area contributed by atoms with E-state index in [4.69, 9.17) is 5.11 Å². The summed E-state index contributed by atoms with van der Waals surface area (Å²) in [5, 5.41) is 8.87. The predicted octanol–water partition coefficient (Wildman–Crippen LogP) is 2.97. The number of carboxylic acid groups (broad SMARTS) is 1. The number of hydrogen-bond donors (Lipinski definition) is 1. The summed E-state index contributed by atoms with van der Waals surface area (Å²) in [6.07, 6.45) is 3.59. The molecule has 1 aromatic rings. The van der Waals surface area contributed by atoms with Crippen LogP contribution < -0.4 is 0 Å². The lowest BCUT2D eigenvalue weighted by Gasteiger charge is -2.31. The topological polar surface area (TPSA) is 40.5 Å². The molecule has 0 bridgehead atoms. The van der Waals surface area contributed by atoms with Crippen molar-refractivity contribution in [1.29, 1.82) is 0 Å². The minimum absolute atomic E-state index is 0.377. The van der Waals surface area contributed by atoms with Crippen LogP contribution in [-0.2, 0) is 0 Å². The van der Waals surface area contributed by atoms with Crippen LogP contribution in [0.25, 0.3) is 0 Å². The molecule has 0 spiro atoms. The number of carbonyl (C=O) groups is 1. The second kappa shape index (κ2) is 6.01. The van der Waals surface area contributed by atoms with Crippen LogP contribution in [-0.4, -0.2) is 35.6 Å². The number of likely N-dealkylation sites (tertiary alicyclic amines) is 1. The van der Waals surface area contributed by atoms with Crippen LogP contribution in [0.2, 0.25) is 0 Å². The Hall–Kier alpha value is -1.35. The molecule has 3 heteroatoms. The molecule has 98 valence electrons. The normalized spacial score (nSPS) is 17.8. The summed E-state index contributed by atoms with van der Waals surface area (Å²) in [5.41, 5.74) is 1.67. The summed E-state index contributed by atoms with van der Waals surface area (Å²) < 4.78 is 0. The minimum Gasteiger partial charge on any atom is -0.478 e. The number of rotatable bonds is 4. The van der Waals surface area contributed by atoms with E-state index in [0.29, 0.717) is 11.5 Å². The van der Waals surface area contributed by atoms with Crippen molar-refractivity contribution in [2.24, 2.45) is 0 Å². The van der Waals surface area contributed by atoms with Crippen molar-refractivity contribution in [2.75, 3.05) is 19.6 Å². The Morgan fingerprint density at radius 2 is 1.89 bits per heavy atom. The van der Waals surface area contributed by atoms with Gasteiger partial charge in [0.15, 0.2) is 0 Å². The number of carboxylic acids is 1. The average Bonchev–Trinajstić information content (AvgIpc) is 2.40. The number of aromatic carboxylic acids is 1. The molecule has 0 aromatic heterocycles. The minimum atomic E-state index is -0.848. The van der Waals surface area contributed by atoms with Gasteiger partial charge in [-0.15, -0.1) is 0 Å². The first-order valence-electron chi connectivity index (χ1n) is 6.76. The van der Waals surface area contributed by atoms with Gasteiger partial charge < -0.3 is 10.0 Å². The van der Waals surface area contributed by atoms with Crippen molar-refractivity contribution in [3.8, 4) is 0 Å². The largest absolute Gasteiger partial charge is 0.478 e. The predicted molar refractivity (Wildman–Crippen MR) is 72.1 cm³/mol. The van der Waals surface area contributed by atoms with Gasteiger partial charge in [0.25, 0.3) is 0 Å². The fourth-order valence-corrected chi connectivity index (χ4v) is 2.70. The van der Waals surface area contributed by atoms with E-state index in [2.05, 4.69) is 11.8 Å². The highest BCUT2D eigenvalue weighted by Gasteiger charge is 2.20. The van der Waals surface area contributed by atoms with Gasteiger partial charge in [-0.25, -0.2) is 4.79 Å². The Morgan fingerprint density at radius 3 is 2.39 bits per heavy atom. The van der Waals surface area contributed by atoms with Crippen LogP contribution in [0.15, 0.2) is 24.3 Å². The van der Waals surface area contributed by atoms with Crippen LogP contribution in [0.1, 0.15) is 48.0 Å². The van der Waals surface area contributed by atoms with E-state index in [-0.39, 0.29) is 0 Å². The summed E-state index contributed by atoms with van der Waals surface area (Å²) >= 11 is 0. The van der Waals surface area contributed by atoms with Crippen LogP contribution >= 0.6 is 0 Å². The highest BCUT2D eigenvalue weighted by atomic mass is 16.4. The number of benzene rings is 1. The van der Waals surface area contributed by atoms with Gasteiger partial charge in [-0.3, -0.25) is 0 Å². The molecule has 18 heavy (non-hydrogen) atoms. The Morgan fingerprint density at radius 1 is 1.28 bits per heavy atom. The SMILES string of the molecule is CCCN1CCC(c2ccc(C(=O)O)cc2)CC1. The molecule has 1 heterocycles. The molecular weight excluding hydrogens is 226 g/mol. The molecule has 0 saturated carbocycles. The van der Waals surface area contributed by atoms with Crippen molar-refractivity contribution in [2.45, 2.75) is 32.1 Å². The Balaban J connectivity index is 1.95. The monoisotopic (exact) mass is 247 g/mol. The maximum atomic E-state index is 10.8. The number of piperidine rings is 1. The fourth-order valence-electron chi connectivity index (χ4n) is 2.70. The van der Waals surface area contributed by atoms with E-state index in [0.717, 1.165) is 0 Å². The molecule has 0 unspecified atom stereocenters. The third-order valence-corrected chi connectivity index (χ3v) is 3.76. The summed E-state index contributed by atoms with van der Waals surface area (Å²) in [6, 6.07) is 7.39. The molecule has 0 amide bonds. The molecule has 1 aliphatic rings. The summed E-state index contributed by atoms with van der Waals surface area (Å²) in [5.74, 6) is -0.250. The van der Waals surface area contributed by atoms with Crippen LogP contribution in [0.5, 0.6) is 0 Å². The van der Waals surface area contributed by atoms with Gasteiger partial charge in [0.05, 0.1) is 5.56 Å². The first-order chi connectivity index (χ1) is 8.70. The van der Waals surface area contributed by atoms with Gasteiger partial charge in [-0.1, -0.05) is 19.1 Å². The first kappa shape index (κ1) is 13.1. The molecule has 2 rings (SSSR count). The van der Waals surface area contributed by atoms with Gasteiger partial charge in [-0.2, -0.15) is 0 Å².